The quantitative estimate of drug-likeness (QED) is 0.217. The zero-order valence-corrected chi connectivity index (χ0v) is 16.9. The average molecular weight is 435 g/mol. The molecule has 0 aliphatic rings. The Morgan fingerprint density at radius 1 is 0.968 bits per heavy atom. The summed E-state index contributed by atoms with van der Waals surface area (Å²) in [6, 6.07) is 21.8. The van der Waals surface area contributed by atoms with Crippen LogP contribution in [0.2, 0.25) is 5.02 Å². The van der Waals surface area contributed by atoms with Crippen LogP contribution in [0.1, 0.15) is 17.0 Å². The summed E-state index contributed by atoms with van der Waals surface area (Å²) in [5.74, 6) is -0.512. The molecular weight excluding hydrogens is 419 g/mol. The van der Waals surface area contributed by atoms with E-state index in [0.717, 1.165) is 11.1 Å². The molecule has 0 saturated carbocycles. The highest BCUT2D eigenvalue weighted by Crippen LogP contribution is 2.23. The SMILES string of the molecule is O=C(OCc1nnc(-c2ccccc2)o1)/C(=C/c1ccc(Cl)cc1)c1ccc(F)cc1. The van der Waals surface area contributed by atoms with Crippen molar-refractivity contribution in [1.29, 1.82) is 0 Å². The topological polar surface area (TPSA) is 65.2 Å². The van der Waals surface area contributed by atoms with Crippen LogP contribution in [-0.2, 0) is 16.1 Å². The fourth-order valence-electron chi connectivity index (χ4n) is 2.83. The molecule has 0 aliphatic heterocycles. The van der Waals surface area contributed by atoms with E-state index in [9.17, 15) is 9.18 Å². The standard InChI is InChI=1S/C24H16ClFN2O3/c25-19-10-6-16(7-11-19)14-21(17-8-12-20(26)13-9-17)24(29)30-15-22-27-28-23(31-22)18-4-2-1-3-5-18/h1-14H,15H2/b21-14+. The molecule has 0 radical (unpaired) electrons. The van der Waals surface area contributed by atoms with Gasteiger partial charge in [0.25, 0.3) is 5.89 Å². The lowest BCUT2D eigenvalue weighted by atomic mass is 10.0. The van der Waals surface area contributed by atoms with Crippen LogP contribution in [0.15, 0.2) is 83.3 Å². The molecule has 4 aromatic rings. The van der Waals surface area contributed by atoms with E-state index in [1.165, 1.54) is 24.3 Å². The number of hydrogen-bond donors (Lipinski definition) is 0. The molecule has 0 N–H and O–H groups in total. The minimum Gasteiger partial charge on any atom is -0.452 e. The normalized spacial score (nSPS) is 11.4. The Balaban J connectivity index is 1.54. The second-order valence-electron chi connectivity index (χ2n) is 6.56. The van der Waals surface area contributed by atoms with Gasteiger partial charge in [0, 0.05) is 10.6 Å². The van der Waals surface area contributed by atoms with Crippen molar-refractivity contribution in [2.45, 2.75) is 6.61 Å². The number of rotatable bonds is 6. The molecule has 0 amide bonds. The van der Waals surface area contributed by atoms with Gasteiger partial charge in [-0.25, -0.2) is 9.18 Å². The summed E-state index contributed by atoms with van der Waals surface area (Å²) in [7, 11) is 0. The molecule has 0 bridgehead atoms. The Morgan fingerprint density at radius 2 is 1.68 bits per heavy atom. The molecule has 7 heteroatoms. The van der Waals surface area contributed by atoms with Crippen molar-refractivity contribution in [3.63, 3.8) is 0 Å². The summed E-state index contributed by atoms with van der Waals surface area (Å²) in [6.45, 7) is -0.197. The third-order valence-electron chi connectivity index (χ3n) is 4.37. The van der Waals surface area contributed by atoms with E-state index in [-0.39, 0.29) is 18.1 Å². The number of carbonyl (C=O) groups excluding carboxylic acids is 1. The van der Waals surface area contributed by atoms with Crippen molar-refractivity contribution in [2.75, 3.05) is 0 Å². The number of ether oxygens (including phenoxy) is 1. The number of benzene rings is 3. The second-order valence-corrected chi connectivity index (χ2v) is 7.00. The van der Waals surface area contributed by atoms with Crippen molar-refractivity contribution in [2.24, 2.45) is 0 Å². The highest BCUT2D eigenvalue weighted by molar-refractivity contribution is 6.30. The predicted octanol–water partition coefficient (Wildman–Crippen LogP) is 5.81. The monoisotopic (exact) mass is 434 g/mol. The van der Waals surface area contributed by atoms with E-state index in [0.29, 0.717) is 16.5 Å². The van der Waals surface area contributed by atoms with Crippen LogP contribution in [0.5, 0.6) is 0 Å². The third-order valence-corrected chi connectivity index (χ3v) is 4.62. The van der Waals surface area contributed by atoms with Gasteiger partial charge in [-0.1, -0.05) is 54.1 Å². The molecule has 0 atom stereocenters. The number of halogens is 2. The first-order valence-electron chi connectivity index (χ1n) is 9.36. The average Bonchev–Trinajstić information content (AvgIpc) is 3.28. The molecular formula is C24H16ClFN2O3. The minimum atomic E-state index is -0.610. The molecule has 1 heterocycles. The molecule has 5 nitrogen and oxygen atoms in total. The molecule has 4 rings (SSSR count). The zero-order chi connectivity index (χ0) is 21.6. The third kappa shape index (κ3) is 5.24. The van der Waals surface area contributed by atoms with Gasteiger partial charge in [0.2, 0.25) is 5.89 Å². The van der Waals surface area contributed by atoms with Gasteiger partial charge in [-0.05, 0) is 53.6 Å². The van der Waals surface area contributed by atoms with Crippen molar-refractivity contribution < 1.29 is 18.3 Å². The number of aromatic nitrogens is 2. The van der Waals surface area contributed by atoms with Gasteiger partial charge in [-0.2, -0.15) is 0 Å². The van der Waals surface area contributed by atoms with Crippen LogP contribution in [0.25, 0.3) is 23.1 Å². The van der Waals surface area contributed by atoms with Crippen LogP contribution >= 0.6 is 11.6 Å². The molecule has 154 valence electrons. The Morgan fingerprint density at radius 3 is 2.39 bits per heavy atom. The number of esters is 1. The van der Waals surface area contributed by atoms with Gasteiger partial charge in [0.1, 0.15) is 5.82 Å². The maximum absolute atomic E-state index is 13.4. The number of hydrogen-bond acceptors (Lipinski definition) is 5. The molecule has 1 aromatic heterocycles. The minimum absolute atomic E-state index is 0.164. The summed E-state index contributed by atoms with van der Waals surface area (Å²) < 4.78 is 24.3. The van der Waals surface area contributed by atoms with Crippen molar-refractivity contribution >= 4 is 29.2 Å². The van der Waals surface area contributed by atoms with Crippen LogP contribution in [-0.4, -0.2) is 16.2 Å². The van der Waals surface area contributed by atoms with Gasteiger partial charge in [0.15, 0.2) is 6.61 Å². The largest absolute Gasteiger partial charge is 0.452 e. The van der Waals surface area contributed by atoms with Gasteiger partial charge in [0.05, 0.1) is 5.57 Å². The molecule has 0 unspecified atom stereocenters. The fourth-order valence-corrected chi connectivity index (χ4v) is 2.96. The van der Waals surface area contributed by atoms with Crippen molar-refractivity contribution in [1.82, 2.24) is 10.2 Å². The van der Waals surface area contributed by atoms with Crippen LogP contribution in [0.3, 0.4) is 0 Å². The van der Waals surface area contributed by atoms with Gasteiger partial charge in [-0.3, -0.25) is 0 Å². The fraction of sp³-hybridized carbons (Fsp3) is 0.0417. The first kappa shape index (κ1) is 20.5. The lowest BCUT2D eigenvalue weighted by Gasteiger charge is -2.08. The van der Waals surface area contributed by atoms with E-state index >= 15 is 0 Å². The smallest absolute Gasteiger partial charge is 0.339 e. The Labute approximate surface area is 182 Å². The van der Waals surface area contributed by atoms with E-state index in [4.69, 9.17) is 20.8 Å². The number of nitrogens with zero attached hydrogens (tertiary/aromatic N) is 2. The van der Waals surface area contributed by atoms with Gasteiger partial charge < -0.3 is 9.15 Å². The summed E-state index contributed by atoms with van der Waals surface area (Å²) in [5, 5.41) is 8.48. The Kier molecular flexibility index (Phi) is 6.19. The van der Waals surface area contributed by atoms with Crippen molar-refractivity contribution in [3.8, 4) is 11.5 Å². The summed E-state index contributed by atoms with van der Waals surface area (Å²) >= 11 is 5.93. The van der Waals surface area contributed by atoms with Crippen LogP contribution < -0.4 is 0 Å². The molecule has 0 spiro atoms. The Hall–Kier alpha value is -3.77. The second kappa shape index (κ2) is 9.36. The summed E-state index contributed by atoms with van der Waals surface area (Å²) in [6.07, 6.45) is 1.65. The lowest BCUT2D eigenvalue weighted by molar-refractivity contribution is -0.138. The van der Waals surface area contributed by atoms with Gasteiger partial charge in [-0.15, -0.1) is 10.2 Å². The molecule has 3 aromatic carbocycles. The molecule has 0 aliphatic carbocycles. The molecule has 31 heavy (non-hydrogen) atoms. The summed E-state index contributed by atoms with van der Waals surface area (Å²) in [5.41, 5.74) is 2.27. The van der Waals surface area contributed by atoms with E-state index in [1.807, 2.05) is 30.3 Å². The number of carbonyl (C=O) groups is 1. The Bertz CT molecular complexity index is 1200. The summed E-state index contributed by atoms with van der Waals surface area (Å²) in [4.78, 5) is 12.8. The molecule has 0 saturated heterocycles. The highest BCUT2D eigenvalue weighted by Gasteiger charge is 2.17. The lowest BCUT2D eigenvalue weighted by Crippen LogP contribution is -2.07. The first-order valence-corrected chi connectivity index (χ1v) is 9.74. The highest BCUT2D eigenvalue weighted by atomic mass is 35.5. The predicted molar refractivity (Wildman–Crippen MR) is 115 cm³/mol. The van der Waals surface area contributed by atoms with E-state index in [2.05, 4.69) is 10.2 Å². The van der Waals surface area contributed by atoms with E-state index in [1.54, 1.807) is 30.3 Å². The molecule has 0 fully saturated rings. The maximum Gasteiger partial charge on any atom is 0.339 e. The maximum atomic E-state index is 13.4. The van der Waals surface area contributed by atoms with Crippen LogP contribution in [0.4, 0.5) is 4.39 Å². The first-order chi connectivity index (χ1) is 15.1. The van der Waals surface area contributed by atoms with Crippen molar-refractivity contribution in [3.05, 3.63) is 107 Å². The zero-order valence-electron chi connectivity index (χ0n) is 16.2. The van der Waals surface area contributed by atoms with Gasteiger partial charge >= 0.3 is 5.97 Å². The van der Waals surface area contributed by atoms with Crippen LogP contribution in [0, 0.1) is 5.82 Å². The van der Waals surface area contributed by atoms with E-state index < -0.39 is 11.8 Å².